The van der Waals surface area contributed by atoms with Gasteiger partial charge in [0, 0.05) is 6.54 Å². The number of carbonyl (C=O) groups is 1. The van der Waals surface area contributed by atoms with Gasteiger partial charge in [-0.05, 0) is 18.7 Å². The van der Waals surface area contributed by atoms with Gasteiger partial charge in [0.05, 0.1) is 6.54 Å². The topological polar surface area (TPSA) is 20.3 Å². The van der Waals surface area contributed by atoms with Crippen LogP contribution in [0.5, 0.6) is 0 Å². The summed E-state index contributed by atoms with van der Waals surface area (Å²) in [7, 11) is 0.698. The summed E-state index contributed by atoms with van der Waals surface area (Å²) >= 11 is 0. The summed E-state index contributed by atoms with van der Waals surface area (Å²) in [6, 6.07) is 0. The van der Waals surface area contributed by atoms with Crippen LogP contribution in [0.25, 0.3) is 0 Å². The highest BCUT2D eigenvalue weighted by Crippen LogP contribution is 2.16. The van der Waals surface area contributed by atoms with Gasteiger partial charge in [-0.3, -0.25) is 9.46 Å². The SMILES string of the molecule is C=CCN(CC(=O)C(=C)C)PCC. The van der Waals surface area contributed by atoms with Gasteiger partial charge < -0.3 is 0 Å². The average Bonchev–Trinajstić information content (AvgIpc) is 2.05. The van der Waals surface area contributed by atoms with E-state index in [-0.39, 0.29) is 5.78 Å². The summed E-state index contributed by atoms with van der Waals surface area (Å²) in [6.07, 6.45) is 2.91. The van der Waals surface area contributed by atoms with Crippen molar-refractivity contribution in [2.75, 3.05) is 19.3 Å². The van der Waals surface area contributed by atoms with E-state index < -0.39 is 0 Å². The Morgan fingerprint density at radius 3 is 2.62 bits per heavy atom. The molecule has 0 aromatic carbocycles. The molecule has 0 aliphatic carbocycles. The first-order valence-corrected chi connectivity index (χ1v) is 5.55. The molecule has 74 valence electrons. The highest BCUT2D eigenvalue weighted by Gasteiger charge is 2.08. The van der Waals surface area contributed by atoms with Crippen molar-refractivity contribution in [3.63, 3.8) is 0 Å². The van der Waals surface area contributed by atoms with Gasteiger partial charge in [0.15, 0.2) is 5.78 Å². The van der Waals surface area contributed by atoms with Crippen molar-refractivity contribution in [3.05, 3.63) is 24.8 Å². The van der Waals surface area contributed by atoms with E-state index in [2.05, 4.69) is 24.8 Å². The molecule has 0 bridgehead atoms. The third kappa shape index (κ3) is 5.73. The number of nitrogens with zero attached hydrogens (tertiary/aromatic N) is 1. The second kappa shape index (κ2) is 6.99. The first-order valence-electron chi connectivity index (χ1n) is 4.39. The molecule has 0 rings (SSSR count). The van der Waals surface area contributed by atoms with E-state index in [4.69, 9.17) is 0 Å². The van der Waals surface area contributed by atoms with Crippen LogP contribution in [-0.4, -0.2) is 29.7 Å². The summed E-state index contributed by atoms with van der Waals surface area (Å²) in [6.45, 7) is 12.4. The maximum Gasteiger partial charge on any atom is 0.172 e. The van der Waals surface area contributed by atoms with E-state index in [0.29, 0.717) is 20.8 Å². The lowest BCUT2D eigenvalue weighted by atomic mass is 10.2. The Labute approximate surface area is 82.5 Å². The van der Waals surface area contributed by atoms with Crippen LogP contribution in [0.1, 0.15) is 13.8 Å². The van der Waals surface area contributed by atoms with Crippen molar-refractivity contribution in [1.29, 1.82) is 0 Å². The number of carbonyl (C=O) groups excluding carboxylic acids is 1. The van der Waals surface area contributed by atoms with E-state index in [0.717, 1.165) is 12.7 Å². The molecule has 0 aromatic rings. The predicted molar refractivity (Wildman–Crippen MR) is 60.4 cm³/mol. The Hall–Kier alpha value is -0.460. The molecule has 1 atom stereocenters. The molecule has 0 radical (unpaired) electrons. The largest absolute Gasteiger partial charge is 0.293 e. The smallest absolute Gasteiger partial charge is 0.172 e. The Bertz CT molecular complexity index is 201. The van der Waals surface area contributed by atoms with Crippen molar-refractivity contribution in [2.24, 2.45) is 0 Å². The molecule has 0 heterocycles. The van der Waals surface area contributed by atoms with Gasteiger partial charge in [0.2, 0.25) is 0 Å². The van der Waals surface area contributed by atoms with Gasteiger partial charge in [-0.25, -0.2) is 0 Å². The normalized spacial score (nSPS) is 11.0. The standard InChI is InChI=1S/C10H18NOP/c1-5-7-11(13-6-2)8-10(12)9(3)4/h5,13H,1,3,6-8H2,2,4H3. The fraction of sp³-hybridized carbons (Fsp3) is 0.500. The fourth-order valence-corrected chi connectivity index (χ4v) is 1.83. The second-order valence-electron chi connectivity index (χ2n) is 2.88. The molecular formula is C10H18NOP. The molecular weight excluding hydrogens is 181 g/mol. The third-order valence-corrected chi connectivity index (χ3v) is 2.65. The highest BCUT2D eigenvalue weighted by molar-refractivity contribution is 7.35. The number of Topliss-reactive ketones (excluding diaryl/α,β-unsaturated/α-hetero) is 1. The molecule has 0 aromatic heterocycles. The molecule has 0 saturated carbocycles. The summed E-state index contributed by atoms with van der Waals surface area (Å²) in [4.78, 5) is 11.3. The van der Waals surface area contributed by atoms with Crippen LogP contribution >= 0.6 is 8.73 Å². The second-order valence-corrected chi connectivity index (χ2v) is 4.54. The van der Waals surface area contributed by atoms with Crippen molar-refractivity contribution in [2.45, 2.75) is 13.8 Å². The van der Waals surface area contributed by atoms with Crippen molar-refractivity contribution >= 4 is 14.5 Å². The minimum atomic E-state index is 0.128. The zero-order valence-electron chi connectivity index (χ0n) is 8.47. The van der Waals surface area contributed by atoms with Gasteiger partial charge in [-0.2, -0.15) is 0 Å². The fourth-order valence-electron chi connectivity index (χ4n) is 0.873. The van der Waals surface area contributed by atoms with E-state index in [1.165, 1.54) is 0 Å². The van der Waals surface area contributed by atoms with Crippen LogP contribution in [-0.2, 0) is 4.79 Å². The van der Waals surface area contributed by atoms with Gasteiger partial charge >= 0.3 is 0 Å². The Balaban J connectivity index is 4.00. The summed E-state index contributed by atoms with van der Waals surface area (Å²) in [5.41, 5.74) is 0.634. The maximum absolute atomic E-state index is 11.3. The molecule has 0 N–H and O–H groups in total. The third-order valence-electron chi connectivity index (χ3n) is 1.54. The van der Waals surface area contributed by atoms with Crippen molar-refractivity contribution in [1.82, 2.24) is 4.67 Å². The lowest BCUT2D eigenvalue weighted by Gasteiger charge is -2.18. The Kier molecular flexibility index (Phi) is 6.75. The van der Waals surface area contributed by atoms with Crippen molar-refractivity contribution in [3.8, 4) is 0 Å². The van der Waals surface area contributed by atoms with Crippen molar-refractivity contribution < 1.29 is 4.79 Å². The van der Waals surface area contributed by atoms with E-state index in [1.54, 1.807) is 6.92 Å². The molecule has 0 amide bonds. The number of hydrogen-bond acceptors (Lipinski definition) is 2. The maximum atomic E-state index is 11.3. The van der Waals surface area contributed by atoms with E-state index in [9.17, 15) is 4.79 Å². The first kappa shape index (κ1) is 12.5. The molecule has 0 fully saturated rings. The van der Waals surface area contributed by atoms with Crippen LogP contribution in [0.4, 0.5) is 0 Å². The average molecular weight is 199 g/mol. The van der Waals surface area contributed by atoms with E-state index in [1.807, 2.05) is 6.08 Å². The molecule has 0 aliphatic heterocycles. The Morgan fingerprint density at radius 1 is 1.62 bits per heavy atom. The zero-order valence-corrected chi connectivity index (χ0v) is 9.47. The lowest BCUT2D eigenvalue weighted by Crippen LogP contribution is -2.23. The first-order chi connectivity index (χ1) is 6.11. The minimum absolute atomic E-state index is 0.128. The summed E-state index contributed by atoms with van der Waals surface area (Å²) < 4.78 is 2.10. The molecule has 13 heavy (non-hydrogen) atoms. The molecule has 0 spiro atoms. The summed E-state index contributed by atoms with van der Waals surface area (Å²) in [5, 5.41) is 0. The Morgan fingerprint density at radius 2 is 2.23 bits per heavy atom. The van der Waals surface area contributed by atoms with Crippen LogP contribution in [0.2, 0.25) is 0 Å². The number of hydrogen-bond donors (Lipinski definition) is 0. The van der Waals surface area contributed by atoms with Crippen LogP contribution in [0, 0.1) is 0 Å². The molecule has 2 nitrogen and oxygen atoms in total. The van der Waals surface area contributed by atoms with Crippen LogP contribution < -0.4 is 0 Å². The van der Waals surface area contributed by atoms with Crippen LogP contribution in [0.15, 0.2) is 24.8 Å². The quantitative estimate of drug-likeness (QED) is 0.356. The van der Waals surface area contributed by atoms with Gasteiger partial charge in [-0.15, -0.1) is 6.58 Å². The molecule has 0 aliphatic rings. The highest BCUT2D eigenvalue weighted by atomic mass is 31.1. The van der Waals surface area contributed by atoms with Crippen LogP contribution in [0.3, 0.4) is 0 Å². The predicted octanol–water partition coefficient (Wildman–Crippen LogP) is 2.23. The lowest BCUT2D eigenvalue weighted by molar-refractivity contribution is -0.115. The number of ketones is 1. The number of rotatable bonds is 7. The molecule has 0 saturated heterocycles. The zero-order chi connectivity index (χ0) is 10.3. The summed E-state index contributed by atoms with van der Waals surface area (Å²) in [5.74, 6) is 0.128. The van der Waals surface area contributed by atoms with Gasteiger partial charge in [0.25, 0.3) is 0 Å². The minimum Gasteiger partial charge on any atom is -0.293 e. The van der Waals surface area contributed by atoms with E-state index >= 15 is 0 Å². The molecule has 3 heteroatoms. The monoisotopic (exact) mass is 199 g/mol. The molecule has 1 unspecified atom stereocenters. The van der Waals surface area contributed by atoms with Gasteiger partial charge in [0.1, 0.15) is 0 Å². The van der Waals surface area contributed by atoms with Gasteiger partial charge in [-0.1, -0.05) is 28.3 Å².